The lowest BCUT2D eigenvalue weighted by Gasteiger charge is -2.22. The van der Waals surface area contributed by atoms with Gasteiger partial charge in [0.1, 0.15) is 5.75 Å². The van der Waals surface area contributed by atoms with Gasteiger partial charge in [-0.05, 0) is 36.8 Å². The van der Waals surface area contributed by atoms with Crippen LogP contribution in [0.4, 0.5) is 5.69 Å². The molecule has 2 aromatic rings. The highest BCUT2D eigenvalue weighted by atomic mass is 16.5. The summed E-state index contributed by atoms with van der Waals surface area (Å²) in [5.74, 6) is 0.915. The molecule has 2 rings (SSSR count). The second-order valence-corrected chi connectivity index (χ2v) is 5.88. The van der Waals surface area contributed by atoms with Gasteiger partial charge in [-0.2, -0.15) is 0 Å². The van der Waals surface area contributed by atoms with E-state index >= 15 is 0 Å². The highest BCUT2D eigenvalue weighted by Crippen LogP contribution is 2.14. The van der Waals surface area contributed by atoms with Crippen molar-refractivity contribution in [3.63, 3.8) is 0 Å². The molecular formula is C20H26N2O2. The highest BCUT2D eigenvalue weighted by Gasteiger charge is 2.12. The van der Waals surface area contributed by atoms with Gasteiger partial charge in [-0.15, -0.1) is 0 Å². The van der Waals surface area contributed by atoms with E-state index in [0.29, 0.717) is 26.1 Å². The van der Waals surface area contributed by atoms with Gasteiger partial charge in [0, 0.05) is 32.9 Å². The Morgan fingerprint density at radius 3 is 2.25 bits per heavy atom. The van der Waals surface area contributed by atoms with Crippen LogP contribution in [0, 0.1) is 0 Å². The van der Waals surface area contributed by atoms with Crippen LogP contribution < -0.4 is 9.64 Å². The number of nitrogens with zero attached hydrogens (tertiary/aromatic N) is 2. The molecule has 0 saturated heterocycles. The van der Waals surface area contributed by atoms with Crippen molar-refractivity contribution in [2.75, 3.05) is 32.1 Å². The second kappa shape index (κ2) is 8.96. The fourth-order valence-corrected chi connectivity index (χ4v) is 2.43. The molecule has 0 aliphatic carbocycles. The number of anilines is 1. The lowest BCUT2D eigenvalue weighted by atomic mass is 10.2. The van der Waals surface area contributed by atoms with Gasteiger partial charge in [-0.1, -0.05) is 30.3 Å². The summed E-state index contributed by atoms with van der Waals surface area (Å²) in [5.41, 5.74) is 2.30. The zero-order chi connectivity index (χ0) is 17.4. The van der Waals surface area contributed by atoms with Crippen LogP contribution in [0.5, 0.6) is 5.75 Å². The molecule has 24 heavy (non-hydrogen) atoms. The number of ether oxygens (including phenoxy) is 1. The lowest BCUT2D eigenvalue weighted by molar-refractivity contribution is -0.132. The number of rotatable bonds is 8. The molecule has 0 aromatic heterocycles. The molecule has 0 aliphatic heterocycles. The summed E-state index contributed by atoms with van der Waals surface area (Å²) in [6.07, 6.45) is 0.387. The Kier molecular flexibility index (Phi) is 6.67. The Morgan fingerprint density at radius 1 is 1.00 bits per heavy atom. The average Bonchev–Trinajstić information content (AvgIpc) is 2.60. The van der Waals surface area contributed by atoms with E-state index in [1.165, 1.54) is 0 Å². The molecule has 2 aromatic carbocycles. The van der Waals surface area contributed by atoms with Crippen LogP contribution in [0.1, 0.15) is 18.9 Å². The average molecular weight is 326 g/mol. The predicted octanol–water partition coefficient (Wildman–Crippen LogP) is 3.57. The van der Waals surface area contributed by atoms with Crippen molar-refractivity contribution >= 4 is 11.6 Å². The summed E-state index contributed by atoms with van der Waals surface area (Å²) >= 11 is 0. The summed E-state index contributed by atoms with van der Waals surface area (Å²) in [5, 5.41) is 0. The summed E-state index contributed by atoms with van der Waals surface area (Å²) in [4.78, 5) is 16.3. The first kappa shape index (κ1) is 17.9. The molecule has 0 radical (unpaired) electrons. The molecule has 0 fully saturated rings. The van der Waals surface area contributed by atoms with E-state index in [2.05, 4.69) is 29.2 Å². The minimum absolute atomic E-state index is 0.116. The minimum Gasteiger partial charge on any atom is -0.493 e. The van der Waals surface area contributed by atoms with Gasteiger partial charge in [0.2, 0.25) is 5.91 Å². The van der Waals surface area contributed by atoms with Gasteiger partial charge >= 0.3 is 0 Å². The molecule has 0 bridgehead atoms. The molecular weight excluding hydrogens is 300 g/mol. The Morgan fingerprint density at radius 2 is 1.67 bits per heavy atom. The van der Waals surface area contributed by atoms with Crippen LogP contribution in [-0.2, 0) is 11.3 Å². The zero-order valence-corrected chi connectivity index (χ0v) is 14.7. The zero-order valence-electron chi connectivity index (χ0n) is 14.7. The van der Waals surface area contributed by atoms with E-state index in [0.717, 1.165) is 17.0 Å². The SMILES string of the molecule is CCN(Cc1ccc(N(C)C)cc1)C(=O)CCOc1ccccc1. The molecule has 0 N–H and O–H groups in total. The Balaban J connectivity index is 1.84. The third-order valence-corrected chi connectivity index (χ3v) is 3.89. The van der Waals surface area contributed by atoms with Crippen molar-refractivity contribution in [3.05, 3.63) is 60.2 Å². The van der Waals surface area contributed by atoms with Crippen LogP contribution >= 0.6 is 0 Å². The van der Waals surface area contributed by atoms with Crippen molar-refractivity contribution in [1.29, 1.82) is 0 Å². The van der Waals surface area contributed by atoms with Crippen molar-refractivity contribution < 1.29 is 9.53 Å². The molecule has 0 spiro atoms. The monoisotopic (exact) mass is 326 g/mol. The predicted molar refractivity (Wildman–Crippen MR) is 98.4 cm³/mol. The maximum Gasteiger partial charge on any atom is 0.226 e. The molecule has 0 unspecified atom stereocenters. The molecule has 0 aliphatic rings. The second-order valence-electron chi connectivity index (χ2n) is 5.88. The normalized spacial score (nSPS) is 10.3. The number of amides is 1. The minimum atomic E-state index is 0.116. The maximum absolute atomic E-state index is 12.4. The number of para-hydroxylation sites is 1. The number of hydrogen-bond donors (Lipinski definition) is 0. The number of benzene rings is 2. The van der Waals surface area contributed by atoms with E-state index in [4.69, 9.17) is 4.74 Å². The first-order valence-electron chi connectivity index (χ1n) is 8.32. The smallest absolute Gasteiger partial charge is 0.226 e. The van der Waals surface area contributed by atoms with Crippen LogP contribution in [-0.4, -0.2) is 38.1 Å². The number of carbonyl (C=O) groups excluding carboxylic acids is 1. The first-order valence-corrected chi connectivity index (χ1v) is 8.32. The Labute approximate surface area is 144 Å². The van der Waals surface area contributed by atoms with Gasteiger partial charge in [-0.3, -0.25) is 4.79 Å². The van der Waals surface area contributed by atoms with Crippen LogP contribution in [0.2, 0.25) is 0 Å². The van der Waals surface area contributed by atoms with E-state index < -0.39 is 0 Å². The van der Waals surface area contributed by atoms with E-state index in [-0.39, 0.29) is 5.91 Å². The molecule has 4 nitrogen and oxygen atoms in total. The standard InChI is InChI=1S/C20H26N2O2/c1-4-22(16-17-10-12-18(13-11-17)21(2)3)20(23)14-15-24-19-8-6-5-7-9-19/h5-13H,4,14-16H2,1-3H3. The van der Waals surface area contributed by atoms with Gasteiger partial charge in [0.15, 0.2) is 0 Å². The molecule has 1 amide bonds. The van der Waals surface area contributed by atoms with Gasteiger partial charge in [-0.25, -0.2) is 0 Å². The van der Waals surface area contributed by atoms with Gasteiger partial charge in [0.25, 0.3) is 0 Å². The molecule has 0 heterocycles. The van der Waals surface area contributed by atoms with Crippen LogP contribution in [0.25, 0.3) is 0 Å². The Bertz CT molecular complexity index is 624. The molecule has 128 valence electrons. The van der Waals surface area contributed by atoms with Crippen molar-refractivity contribution in [2.45, 2.75) is 19.9 Å². The largest absolute Gasteiger partial charge is 0.493 e. The first-order chi connectivity index (χ1) is 11.6. The van der Waals surface area contributed by atoms with Crippen LogP contribution in [0.15, 0.2) is 54.6 Å². The summed E-state index contributed by atoms with van der Waals surface area (Å²) in [6, 6.07) is 17.9. The summed E-state index contributed by atoms with van der Waals surface area (Å²) in [6.45, 7) is 3.73. The topological polar surface area (TPSA) is 32.8 Å². The summed E-state index contributed by atoms with van der Waals surface area (Å²) in [7, 11) is 4.03. The highest BCUT2D eigenvalue weighted by molar-refractivity contribution is 5.76. The van der Waals surface area contributed by atoms with Gasteiger partial charge in [0.05, 0.1) is 13.0 Å². The van der Waals surface area contributed by atoms with Crippen LogP contribution in [0.3, 0.4) is 0 Å². The van der Waals surface area contributed by atoms with E-state index in [9.17, 15) is 4.79 Å². The number of carbonyl (C=O) groups is 1. The Hall–Kier alpha value is -2.49. The molecule has 0 atom stereocenters. The van der Waals surface area contributed by atoms with Crippen molar-refractivity contribution in [2.24, 2.45) is 0 Å². The van der Waals surface area contributed by atoms with Crippen molar-refractivity contribution in [3.8, 4) is 5.75 Å². The van der Waals surface area contributed by atoms with Crippen molar-refractivity contribution in [1.82, 2.24) is 4.90 Å². The molecule has 0 saturated carbocycles. The number of hydrogen-bond acceptors (Lipinski definition) is 3. The third kappa shape index (κ3) is 5.30. The van der Waals surface area contributed by atoms with Gasteiger partial charge < -0.3 is 14.5 Å². The lowest BCUT2D eigenvalue weighted by Crippen LogP contribution is -2.31. The quantitative estimate of drug-likeness (QED) is 0.743. The fraction of sp³-hybridized carbons (Fsp3) is 0.350. The molecule has 4 heteroatoms. The third-order valence-electron chi connectivity index (χ3n) is 3.89. The van der Waals surface area contributed by atoms with E-state index in [1.54, 1.807) is 0 Å². The van der Waals surface area contributed by atoms with E-state index in [1.807, 2.05) is 56.3 Å². The maximum atomic E-state index is 12.4. The fourth-order valence-electron chi connectivity index (χ4n) is 2.43. The summed E-state index contributed by atoms with van der Waals surface area (Å²) < 4.78 is 5.61.